The monoisotopic (exact) mass is 718 g/mol. The summed E-state index contributed by atoms with van der Waals surface area (Å²) in [5, 5.41) is 0. The summed E-state index contributed by atoms with van der Waals surface area (Å²) in [6, 6.07) is 32.2. The molecule has 6 rings (SSSR count). The van der Waals surface area contributed by atoms with E-state index >= 15 is 0 Å². The Bertz CT molecular complexity index is 2170. The second kappa shape index (κ2) is 16.6. The molecule has 0 bridgehead atoms. The van der Waals surface area contributed by atoms with Crippen LogP contribution in [-0.4, -0.2) is 64.5 Å². The molecule has 0 aliphatic carbocycles. The van der Waals surface area contributed by atoms with Crippen LogP contribution in [0.1, 0.15) is 59.6 Å². The number of aromatic nitrogens is 2. The Morgan fingerprint density at radius 2 is 1.08 bits per heavy atom. The van der Waals surface area contributed by atoms with Crippen molar-refractivity contribution in [3.05, 3.63) is 176 Å². The maximum Gasteiger partial charge on any atom is 0.338 e. The van der Waals surface area contributed by atoms with Gasteiger partial charge in [0, 0.05) is 18.2 Å². The fourth-order valence-corrected chi connectivity index (χ4v) is 5.73. The molecule has 1 N–H and O–H groups in total. The molecule has 5 atom stereocenters. The van der Waals surface area contributed by atoms with Gasteiger partial charge in [0.05, 0.1) is 22.3 Å². The average Bonchev–Trinajstić information content (AvgIpc) is 3.32. The van der Waals surface area contributed by atoms with E-state index in [-0.39, 0.29) is 34.2 Å². The molecule has 0 saturated carbocycles. The number of ether oxygens (including phenoxy) is 5. The van der Waals surface area contributed by atoms with Crippen molar-refractivity contribution in [2.45, 2.75) is 44.0 Å². The Morgan fingerprint density at radius 3 is 1.57 bits per heavy atom. The molecule has 1 saturated heterocycles. The molecular weight excluding hydrogens is 684 g/mol. The molecule has 0 radical (unpaired) electrons. The zero-order valence-electron chi connectivity index (χ0n) is 28.4. The lowest BCUT2D eigenvalue weighted by Gasteiger charge is -2.31. The van der Waals surface area contributed by atoms with E-state index in [1.54, 1.807) is 72.8 Å². The third-order valence-electron chi connectivity index (χ3n) is 8.43. The first kappa shape index (κ1) is 36.2. The highest BCUT2D eigenvalue weighted by molar-refractivity contribution is 5.91. The summed E-state index contributed by atoms with van der Waals surface area (Å²) in [6.45, 7) is 0.886. The third-order valence-corrected chi connectivity index (χ3v) is 8.43. The largest absolute Gasteiger partial charge is 0.459 e. The summed E-state index contributed by atoms with van der Waals surface area (Å²) in [5.74, 6) is -3.18. The van der Waals surface area contributed by atoms with E-state index in [4.69, 9.17) is 23.7 Å². The molecule has 13 nitrogen and oxygen atoms in total. The maximum atomic E-state index is 13.7. The zero-order valence-corrected chi connectivity index (χ0v) is 28.4. The molecule has 13 heteroatoms. The standard InChI is InChI=1S/C40H34N2O11/c1-25-23-42(40(48)41-34(25)43)35-31(52-38(46)28-18-10-4-11-19-28)22-30(51-37(45)27-16-8-3-9-17-27)33(53-39(47)29-20-12-5-13-21-29)32(50-35)24-49-36(44)26-14-6-2-7-15-26/h2-21,23,30-33,35H,22,24H2,1H3,(H,41,43,48)/t30-,31-,32-,33+,35-/m1/s1. The van der Waals surface area contributed by atoms with Crippen LogP contribution in [0, 0.1) is 6.92 Å². The van der Waals surface area contributed by atoms with Crippen molar-refractivity contribution >= 4 is 23.9 Å². The molecule has 1 aliphatic heterocycles. The number of hydrogen-bond acceptors (Lipinski definition) is 11. The van der Waals surface area contributed by atoms with E-state index < -0.39 is 72.4 Å². The zero-order chi connectivity index (χ0) is 37.3. The van der Waals surface area contributed by atoms with Crippen molar-refractivity contribution in [3.8, 4) is 0 Å². The number of carbonyl (C=O) groups excluding carboxylic acids is 4. The van der Waals surface area contributed by atoms with Gasteiger partial charge in [-0.25, -0.2) is 24.0 Å². The van der Waals surface area contributed by atoms with Crippen LogP contribution < -0.4 is 11.2 Å². The molecule has 1 aliphatic rings. The summed E-state index contributed by atoms with van der Waals surface area (Å²) in [5.41, 5.74) is -0.750. The van der Waals surface area contributed by atoms with E-state index in [2.05, 4.69) is 4.98 Å². The van der Waals surface area contributed by atoms with Gasteiger partial charge >= 0.3 is 29.6 Å². The van der Waals surface area contributed by atoms with Crippen molar-refractivity contribution in [1.29, 1.82) is 0 Å². The quantitative estimate of drug-likeness (QED) is 0.157. The summed E-state index contributed by atoms with van der Waals surface area (Å²) in [6.07, 6.45) is -6.42. The Labute approximate surface area is 302 Å². The van der Waals surface area contributed by atoms with Crippen molar-refractivity contribution in [1.82, 2.24) is 9.55 Å². The average molecular weight is 719 g/mol. The molecule has 0 unspecified atom stereocenters. The number of carbonyl (C=O) groups is 4. The third kappa shape index (κ3) is 8.83. The Balaban J connectivity index is 1.46. The highest BCUT2D eigenvalue weighted by Gasteiger charge is 2.48. The van der Waals surface area contributed by atoms with E-state index in [0.717, 1.165) is 4.57 Å². The Kier molecular flexibility index (Phi) is 11.3. The number of nitrogens with zero attached hydrogens (tertiary/aromatic N) is 1. The van der Waals surface area contributed by atoms with Crippen LogP contribution in [-0.2, 0) is 23.7 Å². The van der Waals surface area contributed by atoms with E-state index in [1.165, 1.54) is 61.7 Å². The van der Waals surface area contributed by atoms with E-state index in [0.29, 0.717) is 0 Å². The smallest absolute Gasteiger partial charge is 0.338 e. The van der Waals surface area contributed by atoms with Gasteiger partial charge in [0.15, 0.2) is 18.4 Å². The first-order valence-corrected chi connectivity index (χ1v) is 16.7. The van der Waals surface area contributed by atoms with Crippen LogP contribution in [0.15, 0.2) is 137 Å². The second-order valence-electron chi connectivity index (χ2n) is 12.1. The van der Waals surface area contributed by atoms with Gasteiger partial charge in [0.1, 0.15) is 18.8 Å². The number of H-pyrrole nitrogens is 1. The van der Waals surface area contributed by atoms with Gasteiger partial charge in [0.25, 0.3) is 5.56 Å². The van der Waals surface area contributed by atoms with Gasteiger partial charge in [-0.15, -0.1) is 0 Å². The molecule has 1 fully saturated rings. The molecule has 0 spiro atoms. The number of hydrogen-bond donors (Lipinski definition) is 1. The first-order chi connectivity index (χ1) is 25.7. The van der Waals surface area contributed by atoms with Crippen LogP contribution >= 0.6 is 0 Å². The van der Waals surface area contributed by atoms with Crippen LogP contribution in [0.2, 0.25) is 0 Å². The molecule has 4 aromatic carbocycles. The van der Waals surface area contributed by atoms with Crippen molar-refractivity contribution in [2.75, 3.05) is 6.61 Å². The number of esters is 4. The van der Waals surface area contributed by atoms with Gasteiger partial charge in [0.2, 0.25) is 0 Å². The highest BCUT2D eigenvalue weighted by atomic mass is 16.6. The van der Waals surface area contributed by atoms with Crippen LogP contribution in [0.25, 0.3) is 0 Å². The van der Waals surface area contributed by atoms with Gasteiger partial charge < -0.3 is 23.7 Å². The van der Waals surface area contributed by atoms with Crippen molar-refractivity contribution in [3.63, 3.8) is 0 Å². The first-order valence-electron chi connectivity index (χ1n) is 16.7. The van der Waals surface area contributed by atoms with Gasteiger partial charge in [-0.2, -0.15) is 0 Å². The molecule has 53 heavy (non-hydrogen) atoms. The number of aryl methyl sites for hydroxylation is 1. The summed E-state index contributed by atoms with van der Waals surface area (Å²) in [4.78, 5) is 82.1. The van der Waals surface area contributed by atoms with Gasteiger partial charge in [-0.1, -0.05) is 72.8 Å². The number of benzene rings is 4. The second-order valence-corrected chi connectivity index (χ2v) is 12.1. The van der Waals surface area contributed by atoms with E-state index in [9.17, 15) is 28.8 Å². The van der Waals surface area contributed by atoms with Crippen LogP contribution in [0.5, 0.6) is 0 Å². The van der Waals surface area contributed by atoms with Gasteiger partial charge in [-0.3, -0.25) is 14.3 Å². The lowest BCUT2D eigenvalue weighted by atomic mass is 10.0. The minimum absolute atomic E-state index is 0.122. The van der Waals surface area contributed by atoms with E-state index in [1.807, 2.05) is 0 Å². The number of rotatable bonds is 10. The van der Waals surface area contributed by atoms with Crippen molar-refractivity contribution in [2.24, 2.45) is 0 Å². The summed E-state index contributed by atoms with van der Waals surface area (Å²) < 4.78 is 31.2. The minimum Gasteiger partial charge on any atom is -0.459 e. The molecule has 2 heterocycles. The molecule has 5 aromatic rings. The van der Waals surface area contributed by atoms with Crippen LogP contribution in [0.4, 0.5) is 0 Å². The predicted octanol–water partition coefficient (Wildman–Crippen LogP) is 4.67. The topological polar surface area (TPSA) is 169 Å². The summed E-state index contributed by atoms with van der Waals surface area (Å²) >= 11 is 0. The van der Waals surface area contributed by atoms with Crippen molar-refractivity contribution < 1.29 is 42.9 Å². The maximum absolute atomic E-state index is 13.7. The highest BCUT2D eigenvalue weighted by Crippen LogP contribution is 2.33. The number of nitrogens with one attached hydrogen (secondary N) is 1. The summed E-state index contributed by atoms with van der Waals surface area (Å²) in [7, 11) is 0. The lowest BCUT2D eigenvalue weighted by molar-refractivity contribution is -0.152. The Morgan fingerprint density at radius 1 is 0.642 bits per heavy atom. The normalized spacial score (nSPS) is 19.6. The fraction of sp³-hybridized carbons (Fsp3) is 0.200. The molecular formula is C40H34N2O11. The molecule has 270 valence electrons. The van der Waals surface area contributed by atoms with Crippen LogP contribution in [0.3, 0.4) is 0 Å². The fourth-order valence-electron chi connectivity index (χ4n) is 5.73. The van der Waals surface area contributed by atoms with Gasteiger partial charge in [-0.05, 0) is 55.5 Å². The molecule has 0 amide bonds. The molecule has 1 aromatic heterocycles. The lowest BCUT2D eigenvalue weighted by Crippen LogP contribution is -2.46. The minimum atomic E-state index is -1.52. The SMILES string of the molecule is Cc1cn([C@@H]2O[C@H](COC(=O)c3ccccc3)[C@@H](OC(=O)c3ccccc3)[C@H](OC(=O)c3ccccc3)C[C@H]2OC(=O)c2ccccc2)c(=O)[nH]c1=O. The predicted molar refractivity (Wildman–Crippen MR) is 188 cm³/mol. The number of aromatic amines is 1. The Hall–Kier alpha value is -6.60.